The summed E-state index contributed by atoms with van der Waals surface area (Å²) in [5.41, 5.74) is -1.96. The number of nitrogens with one attached hydrogen (secondary N) is 1. The fourth-order valence-electron chi connectivity index (χ4n) is 1.97. The first-order valence-corrected chi connectivity index (χ1v) is 6.31. The number of ether oxygens (including phenoxy) is 1. The van der Waals surface area contributed by atoms with Crippen molar-refractivity contribution in [2.24, 2.45) is 4.99 Å². The molecule has 3 N–H and O–H groups in total. The van der Waals surface area contributed by atoms with E-state index in [9.17, 15) is 23.4 Å². The van der Waals surface area contributed by atoms with E-state index in [-0.39, 0.29) is 0 Å². The predicted octanol–water partition coefficient (Wildman–Crippen LogP) is 0.242. The van der Waals surface area contributed by atoms with Gasteiger partial charge in [0.25, 0.3) is 0 Å². The van der Waals surface area contributed by atoms with Crippen molar-refractivity contribution < 1.29 is 28.1 Å². The summed E-state index contributed by atoms with van der Waals surface area (Å²) in [5.74, 6) is 0. The lowest BCUT2D eigenvalue weighted by Crippen LogP contribution is -2.60. The zero-order chi connectivity index (χ0) is 14.4. The molecule has 0 radical (unpaired) electrons. The summed E-state index contributed by atoms with van der Waals surface area (Å²) in [4.78, 5) is 3.84. The second kappa shape index (κ2) is 4.97. The molecule has 0 aromatic rings. The number of alkyl halides is 3. The molecular formula is C10H13F3N2O3S. The van der Waals surface area contributed by atoms with Crippen LogP contribution in [0, 0.1) is 0 Å². The van der Waals surface area contributed by atoms with Gasteiger partial charge in [0.2, 0.25) is 0 Å². The minimum atomic E-state index is -4.68. The summed E-state index contributed by atoms with van der Waals surface area (Å²) >= 11 is 1.07. The van der Waals surface area contributed by atoms with Gasteiger partial charge in [-0.2, -0.15) is 13.2 Å². The Balaban J connectivity index is 2.20. The molecule has 0 aromatic heterocycles. The van der Waals surface area contributed by atoms with E-state index in [1.54, 1.807) is 0 Å². The molecule has 2 heterocycles. The van der Waals surface area contributed by atoms with Crippen molar-refractivity contribution in [1.29, 1.82) is 0 Å². The fraction of sp³-hybridized carbons (Fsp3) is 0.700. The predicted molar refractivity (Wildman–Crippen MR) is 63.7 cm³/mol. The fourth-order valence-corrected chi connectivity index (χ4v) is 3.05. The van der Waals surface area contributed by atoms with E-state index in [1.165, 1.54) is 7.05 Å². The highest BCUT2D eigenvalue weighted by Gasteiger charge is 2.53. The Kier molecular flexibility index (Phi) is 3.83. The second-order valence-corrected chi connectivity index (χ2v) is 5.33. The molecule has 0 saturated carbocycles. The van der Waals surface area contributed by atoms with E-state index < -0.39 is 41.5 Å². The normalized spacial score (nSPS) is 40.9. The molecule has 2 saturated heterocycles. The summed E-state index contributed by atoms with van der Waals surface area (Å²) < 4.78 is 43.0. The van der Waals surface area contributed by atoms with Crippen molar-refractivity contribution in [1.82, 2.24) is 5.32 Å². The van der Waals surface area contributed by atoms with E-state index in [0.717, 1.165) is 11.8 Å². The Bertz CT molecular complexity index is 415. The molecule has 5 atom stereocenters. The van der Waals surface area contributed by atoms with Crippen LogP contribution in [0.2, 0.25) is 0 Å². The van der Waals surface area contributed by atoms with E-state index in [2.05, 4.69) is 16.9 Å². The third-order valence-electron chi connectivity index (χ3n) is 3.03. The monoisotopic (exact) mass is 298 g/mol. The van der Waals surface area contributed by atoms with Gasteiger partial charge in [0, 0.05) is 7.05 Å². The van der Waals surface area contributed by atoms with Crippen molar-refractivity contribution >= 4 is 16.9 Å². The van der Waals surface area contributed by atoms with Gasteiger partial charge in [-0.25, -0.2) is 0 Å². The topological polar surface area (TPSA) is 74.1 Å². The number of thioether (sulfide) groups is 1. The third kappa shape index (κ3) is 2.60. The lowest BCUT2D eigenvalue weighted by atomic mass is 9.93. The molecule has 5 nitrogen and oxygen atoms in total. The smallest absolute Gasteiger partial charge is 0.388 e. The zero-order valence-corrected chi connectivity index (χ0v) is 10.7. The molecule has 0 spiro atoms. The summed E-state index contributed by atoms with van der Waals surface area (Å²) in [6.07, 6.45) is -9.45. The number of aliphatic hydroxyl groups is 2. The maximum absolute atomic E-state index is 12.6. The molecule has 2 aliphatic rings. The number of hydrogen-bond acceptors (Lipinski definition) is 5. The summed E-state index contributed by atoms with van der Waals surface area (Å²) in [7, 11) is 1.50. The number of aliphatic imine (C=N–C) groups is 1. The second-order valence-electron chi connectivity index (χ2n) is 4.25. The highest BCUT2D eigenvalue weighted by atomic mass is 32.2. The van der Waals surface area contributed by atoms with Crippen LogP contribution >= 0.6 is 11.8 Å². The number of nitrogens with zero attached hydrogens (tertiary/aromatic N) is 1. The van der Waals surface area contributed by atoms with E-state index in [0.29, 0.717) is 5.17 Å². The van der Waals surface area contributed by atoms with Crippen LogP contribution in [-0.4, -0.2) is 58.4 Å². The first-order valence-electron chi connectivity index (χ1n) is 5.43. The molecule has 0 bridgehead atoms. The molecular weight excluding hydrogens is 285 g/mol. The van der Waals surface area contributed by atoms with E-state index in [4.69, 9.17) is 4.74 Å². The molecule has 19 heavy (non-hydrogen) atoms. The van der Waals surface area contributed by atoms with Crippen molar-refractivity contribution in [3.8, 4) is 0 Å². The number of rotatable bonds is 1. The Morgan fingerprint density at radius 1 is 1.42 bits per heavy atom. The summed E-state index contributed by atoms with van der Waals surface area (Å²) in [5, 5.41) is 22.9. The lowest BCUT2D eigenvalue weighted by Gasteiger charge is -2.39. The van der Waals surface area contributed by atoms with Gasteiger partial charge in [0.1, 0.15) is 23.7 Å². The minimum Gasteiger partial charge on any atom is -0.388 e. The maximum atomic E-state index is 12.6. The number of halogens is 3. The van der Waals surface area contributed by atoms with Crippen LogP contribution in [0.5, 0.6) is 0 Å². The first-order chi connectivity index (χ1) is 8.75. The van der Waals surface area contributed by atoms with Gasteiger partial charge in [-0.15, -0.1) is 0 Å². The highest BCUT2D eigenvalue weighted by Crippen LogP contribution is 2.39. The van der Waals surface area contributed by atoms with Crippen molar-refractivity contribution in [3.05, 3.63) is 12.2 Å². The van der Waals surface area contributed by atoms with Gasteiger partial charge >= 0.3 is 6.18 Å². The number of hydrogen-bond donors (Lipinski definition) is 3. The number of fused-ring (bicyclic) bond motifs is 1. The van der Waals surface area contributed by atoms with Crippen LogP contribution in [0.25, 0.3) is 0 Å². The van der Waals surface area contributed by atoms with Crippen LogP contribution in [-0.2, 0) is 4.74 Å². The van der Waals surface area contributed by atoms with Gasteiger partial charge in [0.05, 0.1) is 11.6 Å². The first kappa shape index (κ1) is 14.6. The average molecular weight is 298 g/mol. The maximum Gasteiger partial charge on any atom is 0.414 e. The number of aliphatic hydroxyl groups excluding tert-OH is 2. The molecule has 2 aliphatic heterocycles. The van der Waals surface area contributed by atoms with E-state index in [1.807, 2.05) is 0 Å². The van der Waals surface area contributed by atoms with Crippen LogP contribution < -0.4 is 5.32 Å². The minimum absolute atomic E-state index is 0.444. The molecule has 9 heteroatoms. The standard InChI is InChI=1S/C10H13F3N2O3S/c1-3(10(11,12)13)7-6(17)5(16)4-8(18-7)19-9(14-2)15-4/h4-8,16-17H,1H2,2H3,(H,14,15). The van der Waals surface area contributed by atoms with Gasteiger partial charge in [-0.05, 0) is 0 Å². The van der Waals surface area contributed by atoms with E-state index >= 15 is 0 Å². The Hall–Kier alpha value is -0.770. The van der Waals surface area contributed by atoms with Gasteiger partial charge in [-0.1, -0.05) is 18.3 Å². The highest BCUT2D eigenvalue weighted by molar-refractivity contribution is 8.14. The van der Waals surface area contributed by atoms with Crippen molar-refractivity contribution in [3.63, 3.8) is 0 Å². The zero-order valence-electron chi connectivity index (χ0n) is 9.89. The van der Waals surface area contributed by atoms with Gasteiger partial charge in [-0.3, -0.25) is 4.99 Å². The summed E-state index contributed by atoms with van der Waals surface area (Å²) in [6, 6.07) is -0.698. The van der Waals surface area contributed by atoms with Crippen LogP contribution in [0.15, 0.2) is 17.1 Å². The molecule has 5 unspecified atom stereocenters. The quantitative estimate of drug-likeness (QED) is 0.605. The van der Waals surface area contributed by atoms with Crippen LogP contribution in [0.4, 0.5) is 13.2 Å². The van der Waals surface area contributed by atoms with Crippen molar-refractivity contribution in [2.45, 2.75) is 36.0 Å². The molecule has 2 rings (SSSR count). The van der Waals surface area contributed by atoms with Crippen molar-refractivity contribution in [2.75, 3.05) is 7.05 Å². The average Bonchev–Trinajstić information content (AvgIpc) is 2.75. The Morgan fingerprint density at radius 2 is 2.05 bits per heavy atom. The number of amidine groups is 1. The third-order valence-corrected chi connectivity index (χ3v) is 4.19. The van der Waals surface area contributed by atoms with Crippen LogP contribution in [0.3, 0.4) is 0 Å². The summed E-state index contributed by atoms with van der Waals surface area (Å²) in [6.45, 7) is 2.91. The molecule has 2 fully saturated rings. The van der Waals surface area contributed by atoms with Gasteiger partial charge < -0.3 is 20.3 Å². The Morgan fingerprint density at radius 3 is 2.58 bits per heavy atom. The lowest BCUT2D eigenvalue weighted by molar-refractivity contribution is -0.172. The molecule has 0 amide bonds. The largest absolute Gasteiger partial charge is 0.414 e. The molecule has 108 valence electrons. The Labute approximate surface area is 111 Å². The molecule has 0 aliphatic carbocycles. The van der Waals surface area contributed by atoms with Gasteiger partial charge in [0.15, 0.2) is 5.17 Å². The van der Waals surface area contributed by atoms with Crippen LogP contribution in [0.1, 0.15) is 0 Å². The molecule has 0 aromatic carbocycles. The SMILES string of the molecule is C=C(C1OC2SC(=NC)NC2C(O)C1O)C(F)(F)F.